The van der Waals surface area contributed by atoms with E-state index in [1.807, 2.05) is 0 Å². The summed E-state index contributed by atoms with van der Waals surface area (Å²) in [6, 6.07) is 0. The lowest BCUT2D eigenvalue weighted by molar-refractivity contribution is -0.369. The van der Waals surface area contributed by atoms with E-state index in [9.17, 15) is 24.0 Å². The first kappa shape index (κ1) is 38.4. The lowest BCUT2D eigenvalue weighted by Gasteiger charge is -2.29. The predicted octanol–water partition coefficient (Wildman–Crippen LogP) is -1.25. The van der Waals surface area contributed by atoms with Crippen molar-refractivity contribution in [3.8, 4) is 0 Å². The zero-order valence-corrected chi connectivity index (χ0v) is 26.8. The lowest BCUT2D eigenvalue weighted by Crippen LogP contribution is -2.44. The van der Waals surface area contributed by atoms with Gasteiger partial charge in [0.05, 0.1) is 59.5 Å². The Labute approximate surface area is 270 Å². The fourth-order valence-corrected chi connectivity index (χ4v) is 4.33. The minimum atomic E-state index is -2.13. The summed E-state index contributed by atoms with van der Waals surface area (Å²) in [6.07, 6.45) is -6.27. The van der Waals surface area contributed by atoms with E-state index in [4.69, 9.17) is 66.3 Å². The molecule has 0 aromatic rings. The maximum atomic E-state index is 12.7. The first-order valence-corrected chi connectivity index (χ1v) is 15.2. The third-order valence-electron chi connectivity index (χ3n) is 6.22. The Morgan fingerprint density at radius 1 is 0.553 bits per heavy atom. The second kappa shape index (κ2) is 19.1. The van der Waals surface area contributed by atoms with Crippen LogP contribution in [0, 0.1) is 0 Å². The van der Waals surface area contributed by atoms with Crippen LogP contribution in [-0.2, 0) is 90.3 Å². The summed E-state index contributed by atoms with van der Waals surface area (Å²) in [5.74, 6) is -8.61. The molecule has 0 aliphatic carbocycles. The molecular formula is C28H42O19. The zero-order valence-electron chi connectivity index (χ0n) is 26.8. The third-order valence-corrected chi connectivity index (χ3v) is 6.22. The van der Waals surface area contributed by atoms with E-state index in [2.05, 4.69) is 0 Å². The number of hydrogen-bond donors (Lipinski definition) is 0. The molecule has 2 spiro atoms. The summed E-state index contributed by atoms with van der Waals surface area (Å²) in [5, 5.41) is 0. The largest absolute Gasteiger partial charge is 0.464 e. The highest BCUT2D eigenvalue weighted by Crippen LogP contribution is 2.34. The quantitative estimate of drug-likeness (QED) is 0.216. The molecule has 3 rings (SSSR count). The number of rotatable bonds is 8. The minimum absolute atomic E-state index is 0.0104. The predicted molar refractivity (Wildman–Crippen MR) is 147 cm³/mol. The topological polar surface area (TPSA) is 215 Å². The molecule has 4 unspecified atom stereocenters. The second-order valence-electron chi connectivity index (χ2n) is 9.60. The molecule has 3 saturated heterocycles. The molecule has 19 nitrogen and oxygen atoms in total. The Hall–Kier alpha value is -3.01. The van der Waals surface area contributed by atoms with Gasteiger partial charge in [0.1, 0.15) is 26.4 Å². The molecule has 268 valence electrons. The van der Waals surface area contributed by atoms with Gasteiger partial charge in [-0.1, -0.05) is 0 Å². The van der Waals surface area contributed by atoms with Gasteiger partial charge >= 0.3 is 41.8 Å². The van der Waals surface area contributed by atoms with Gasteiger partial charge in [-0.2, -0.15) is 0 Å². The fraction of sp³-hybridized carbons (Fsp3) is 0.821. The van der Waals surface area contributed by atoms with Crippen LogP contribution in [0.3, 0.4) is 0 Å². The molecule has 0 bridgehead atoms. The Balaban J connectivity index is 1.80. The van der Waals surface area contributed by atoms with E-state index in [1.165, 1.54) is 0 Å². The van der Waals surface area contributed by atoms with Crippen molar-refractivity contribution in [2.24, 2.45) is 0 Å². The molecule has 0 amide bonds. The van der Waals surface area contributed by atoms with E-state index in [-0.39, 0.29) is 66.1 Å². The van der Waals surface area contributed by atoms with Crippen LogP contribution in [0.15, 0.2) is 0 Å². The summed E-state index contributed by atoms with van der Waals surface area (Å²) < 4.78 is 76.3. The second-order valence-corrected chi connectivity index (χ2v) is 9.60. The average molecular weight is 683 g/mol. The highest BCUT2D eigenvalue weighted by molar-refractivity contribution is 5.87. The molecular weight excluding hydrogens is 640 g/mol. The zero-order chi connectivity index (χ0) is 34.3. The standard InChI is InChI=1S/C28H42O19/c1-5-37-23(30)19-20(24(31)38-6-2)45-27(44-19)16-35-9-12-41-18(29)15-34-10-13-42-28(17-36-11-14-43-27)46-21(25(32)39-7-3)22(47-28)26(33)40-8-4/h19-22H,5-17H2,1-4H3. The van der Waals surface area contributed by atoms with Crippen molar-refractivity contribution >= 4 is 29.8 Å². The van der Waals surface area contributed by atoms with Crippen molar-refractivity contribution in [3.63, 3.8) is 0 Å². The van der Waals surface area contributed by atoms with Crippen LogP contribution in [0.5, 0.6) is 0 Å². The van der Waals surface area contributed by atoms with E-state index in [1.54, 1.807) is 27.7 Å². The van der Waals surface area contributed by atoms with Gasteiger partial charge in [0.15, 0.2) is 24.4 Å². The summed E-state index contributed by atoms with van der Waals surface area (Å²) in [6.45, 7) is 3.52. The minimum Gasteiger partial charge on any atom is -0.464 e. The highest BCUT2D eigenvalue weighted by atomic mass is 16.9. The smallest absolute Gasteiger partial charge is 0.338 e. The van der Waals surface area contributed by atoms with E-state index in [0.717, 1.165) is 0 Å². The molecule has 4 atom stereocenters. The molecule has 0 saturated carbocycles. The van der Waals surface area contributed by atoms with Gasteiger partial charge in [-0.05, 0) is 27.7 Å². The van der Waals surface area contributed by atoms with Crippen molar-refractivity contribution in [1.29, 1.82) is 0 Å². The number of carbonyl (C=O) groups excluding carboxylic acids is 5. The molecule has 47 heavy (non-hydrogen) atoms. The van der Waals surface area contributed by atoms with Crippen molar-refractivity contribution in [2.75, 3.05) is 85.9 Å². The van der Waals surface area contributed by atoms with Crippen LogP contribution in [0.1, 0.15) is 27.7 Å². The van der Waals surface area contributed by atoms with Gasteiger partial charge in [-0.3, -0.25) is 0 Å². The van der Waals surface area contributed by atoms with Gasteiger partial charge < -0.3 is 66.3 Å². The average Bonchev–Trinajstić information content (AvgIpc) is 3.61. The lowest BCUT2D eigenvalue weighted by atomic mass is 10.2. The molecule has 3 heterocycles. The van der Waals surface area contributed by atoms with Crippen LogP contribution in [0.4, 0.5) is 0 Å². The van der Waals surface area contributed by atoms with Crippen LogP contribution >= 0.6 is 0 Å². The maximum Gasteiger partial charge on any atom is 0.338 e. The molecule has 3 aliphatic rings. The van der Waals surface area contributed by atoms with Crippen molar-refractivity contribution in [1.82, 2.24) is 0 Å². The number of ether oxygens (including phenoxy) is 14. The SMILES string of the molecule is CCOC(=O)C1OC2(COCCOC(=O)COCCOC3(COCCO2)OC(C(=O)OCC)C(C(=O)OCC)O3)OC1C(=O)OCC. The van der Waals surface area contributed by atoms with Gasteiger partial charge in [0, 0.05) is 0 Å². The Kier molecular flexibility index (Phi) is 15.6. The summed E-state index contributed by atoms with van der Waals surface area (Å²) in [4.78, 5) is 62.7. The Morgan fingerprint density at radius 2 is 0.894 bits per heavy atom. The summed E-state index contributed by atoms with van der Waals surface area (Å²) >= 11 is 0. The van der Waals surface area contributed by atoms with Gasteiger partial charge in [0.25, 0.3) is 0 Å². The summed E-state index contributed by atoms with van der Waals surface area (Å²) in [7, 11) is 0. The highest BCUT2D eigenvalue weighted by Gasteiger charge is 2.58. The molecule has 0 N–H and O–H groups in total. The number of hydrogen-bond acceptors (Lipinski definition) is 19. The monoisotopic (exact) mass is 682 g/mol. The van der Waals surface area contributed by atoms with Gasteiger partial charge in [-0.15, -0.1) is 0 Å². The molecule has 0 aromatic carbocycles. The first-order valence-electron chi connectivity index (χ1n) is 15.2. The van der Waals surface area contributed by atoms with E-state index >= 15 is 0 Å². The van der Waals surface area contributed by atoms with Gasteiger partial charge in [0.2, 0.25) is 0 Å². The van der Waals surface area contributed by atoms with Crippen LogP contribution in [-0.4, -0.2) is 152 Å². The number of carbonyl (C=O) groups is 5. The van der Waals surface area contributed by atoms with Gasteiger partial charge in [-0.25, -0.2) is 24.0 Å². The maximum absolute atomic E-state index is 12.7. The van der Waals surface area contributed by atoms with Crippen LogP contribution in [0.2, 0.25) is 0 Å². The van der Waals surface area contributed by atoms with E-state index < -0.39 is 86.0 Å². The third kappa shape index (κ3) is 11.0. The van der Waals surface area contributed by atoms with Crippen LogP contribution in [0.25, 0.3) is 0 Å². The van der Waals surface area contributed by atoms with Crippen molar-refractivity contribution in [2.45, 2.75) is 64.1 Å². The molecule has 0 radical (unpaired) electrons. The fourth-order valence-electron chi connectivity index (χ4n) is 4.33. The van der Waals surface area contributed by atoms with Crippen LogP contribution < -0.4 is 0 Å². The summed E-state index contributed by atoms with van der Waals surface area (Å²) in [5.41, 5.74) is 0. The van der Waals surface area contributed by atoms with Crippen molar-refractivity contribution in [3.05, 3.63) is 0 Å². The molecule has 0 aromatic heterocycles. The Morgan fingerprint density at radius 3 is 1.26 bits per heavy atom. The Bertz CT molecular complexity index is 919. The molecule has 3 aliphatic heterocycles. The van der Waals surface area contributed by atoms with Crippen molar-refractivity contribution < 1.29 is 90.3 Å². The molecule has 3 fully saturated rings. The number of cyclic esters (lactones) is 1. The van der Waals surface area contributed by atoms with E-state index in [0.29, 0.717) is 0 Å². The number of esters is 5. The first-order chi connectivity index (χ1) is 22.6. The normalized spacial score (nSPS) is 31.4. The molecule has 19 heteroatoms.